The molecule has 0 aliphatic carbocycles. The van der Waals surface area contributed by atoms with E-state index in [2.05, 4.69) is 9.98 Å². The molecule has 0 aliphatic rings. The molecule has 64 valence electrons. The van der Waals surface area contributed by atoms with Crippen LogP contribution in [-0.2, 0) is 4.74 Å². The third-order valence-corrected chi connectivity index (χ3v) is 1.59. The Hall–Kier alpha value is -0.700. The summed E-state index contributed by atoms with van der Waals surface area (Å²) in [4.78, 5) is 7.96. The molecule has 0 heterocycles. The van der Waals surface area contributed by atoms with Crippen LogP contribution in [0.4, 0.5) is 0 Å². The van der Waals surface area contributed by atoms with Crippen LogP contribution in [0.25, 0.3) is 0 Å². The summed E-state index contributed by atoms with van der Waals surface area (Å²) in [5.74, 6) is 0. The van der Waals surface area contributed by atoms with Gasteiger partial charge in [-0.1, -0.05) is 0 Å². The highest BCUT2D eigenvalue weighted by Crippen LogP contribution is 1.99. The summed E-state index contributed by atoms with van der Waals surface area (Å²) in [7, 11) is 3.40. The number of nitrogens with zero attached hydrogens (tertiary/aromatic N) is 2. The van der Waals surface area contributed by atoms with E-state index in [-0.39, 0.29) is 12.1 Å². The molecule has 0 radical (unpaired) electrons. The van der Waals surface area contributed by atoms with Crippen molar-refractivity contribution in [3.8, 4) is 0 Å². The third-order valence-electron chi connectivity index (χ3n) is 1.59. The van der Waals surface area contributed by atoms with Crippen molar-refractivity contribution >= 4 is 12.4 Å². The first-order valence-corrected chi connectivity index (χ1v) is 3.69. The highest BCUT2D eigenvalue weighted by molar-refractivity contribution is 6.15. The van der Waals surface area contributed by atoms with Crippen molar-refractivity contribution in [3.05, 3.63) is 0 Å². The number of rotatable bonds is 4. The first kappa shape index (κ1) is 10.3. The van der Waals surface area contributed by atoms with Gasteiger partial charge in [-0.15, -0.1) is 0 Å². The highest BCUT2D eigenvalue weighted by atomic mass is 16.5. The van der Waals surface area contributed by atoms with Gasteiger partial charge in [0.2, 0.25) is 0 Å². The second-order valence-corrected chi connectivity index (χ2v) is 2.39. The Labute approximate surface area is 68.2 Å². The predicted octanol–water partition coefficient (Wildman–Crippen LogP) is 1.18. The lowest BCUT2D eigenvalue weighted by atomic mass is 10.2. The van der Waals surface area contributed by atoms with E-state index >= 15 is 0 Å². The van der Waals surface area contributed by atoms with Crippen LogP contribution in [0.15, 0.2) is 9.98 Å². The highest BCUT2D eigenvalue weighted by Gasteiger charge is 2.06. The minimum Gasteiger partial charge on any atom is -0.380 e. The van der Waals surface area contributed by atoms with Crippen molar-refractivity contribution in [2.75, 3.05) is 14.2 Å². The summed E-state index contributed by atoms with van der Waals surface area (Å²) in [6, 6.07) is 0.193. The maximum absolute atomic E-state index is 5.08. The Morgan fingerprint density at radius 3 is 2.36 bits per heavy atom. The molecule has 11 heavy (non-hydrogen) atoms. The summed E-state index contributed by atoms with van der Waals surface area (Å²) < 4.78 is 5.08. The normalized spacial score (nSPS) is 17.8. The van der Waals surface area contributed by atoms with Crippen LogP contribution in [0, 0.1) is 0 Å². The van der Waals surface area contributed by atoms with Gasteiger partial charge in [-0.25, -0.2) is 0 Å². The Morgan fingerprint density at radius 1 is 1.27 bits per heavy atom. The molecule has 0 spiro atoms. The zero-order valence-corrected chi connectivity index (χ0v) is 7.61. The van der Waals surface area contributed by atoms with Crippen LogP contribution in [0.5, 0.6) is 0 Å². The van der Waals surface area contributed by atoms with E-state index in [1.165, 1.54) is 0 Å². The van der Waals surface area contributed by atoms with Gasteiger partial charge in [0.15, 0.2) is 0 Å². The van der Waals surface area contributed by atoms with Crippen molar-refractivity contribution in [1.29, 1.82) is 0 Å². The summed E-state index contributed by atoms with van der Waals surface area (Å²) in [5.41, 5.74) is 0. The zero-order chi connectivity index (χ0) is 8.69. The summed E-state index contributed by atoms with van der Waals surface area (Å²) in [6.45, 7) is 4.00. The van der Waals surface area contributed by atoms with Crippen LogP contribution < -0.4 is 0 Å². The van der Waals surface area contributed by atoms with Crippen LogP contribution in [0.3, 0.4) is 0 Å². The fraction of sp³-hybridized carbons (Fsp3) is 0.750. The molecule has 0 fully saturated rings. The molecule has 0 aromatic carbocycles. The first-order chi connectivity index (χ1) is 5.22. The van der Waals surface area contributed by atoms with Crippen molar-refractivity contribution in [3.63, 3.8) is 0 Å². The molecular weight excluding hydrogens is 140 g/mol. The maximum Gasteiger partial charge on any atom is 0.0763 e. The molecule has 0 aromatic heterocycles. The second kappa shape index (κ2) is 6.04. The van der Waals surface area contributed by atoms with Gasteiger partial charge in [-0.3, -0.25) is 9.98 Å². The van der Waals surface area contributed by atoms with Crippen molar-refractivity contribution in [2.24, 2.45) is 9.98 Å². The fourth-order valence-corrected chi connectivity index (χ4v) is 0.559. The van der Waals surface area contributed by atoms with Gasteiger partial charge in [0.25, 0.3) is 0 Å². The summed E-state index contributed by atoms with van der Waals surface area (Å²) in [5, 5.41) is 0. The number of aliphatic imine (C=N–C) groups is 2. The molecule has 0 amide bonds. The minimum absolute atomic E-state index is 0.163. The van der Waals surface area contributed by atoms with Crippen LogP contribution in [0.1, 0.15) is 13.8 Å². The lowest BCUT2D eigenvalue weighted by Crippen LogP contribution is -2.19. The molecule has 0 aromatic rings. The lowest BCUT2D eigenvalue weighted by molar-refractivity contribution is 0.102. The molecule has 3 nitrogen and oxygen atoms in total. The Balaban J connectivity index is 3.75. The second-order valence-electron chi connectivity index (χ2n) is 2.39. The number of hydrogen-bond donors (Lipinski definition) is 0. The SMILES string of the molecule is CN=CC=NC(C)C(C)OC. The molecule has 0 aliphatic heterocycles. The summed E-state index contributed by atoms with van der Waals surface area (Å²) >= 11 is 0. The van der Waals surface area contributed by atoms with Gasteiger partial charge >= 0.3 is 0 Å². The topological polar surface area (TPSA) is 34.0 Å². The molecule has 0 N–H and O–H groups in total. The van der Waals surface area contributed by atoms with Crippen molar-refractivity contribution < 1.29 is 4.74 Å². The number of hydrogen-bond acceptors (Lipinski definition) is 3. The van der Waals surface area contributed by atoms with Crippen LogP contribution in [-0.4, -0.2) is 38.7 Å². The van der Waals surface area contributed by atoms with Gasteiger partial charge in [-0.05, 0) is 13.8 Å². The molecule has 2 unspecified atom stereocenters. The standard InChI is InChI=1S/C8H16N2O/c1-7(8(2)11-4)10-6-5-9-3/h5-8H,1-4H3. The Morgan fingerprint density at radius 2 is 1.91 bits per heavy atom. The van der Waals surface area contributed by atoms with E-state index in [0.29, 0.717) is 0 Å². The van der Waals surface area contributed by atoms with Gasteiger partial charge in [0.05, 0.1) is 12.1 Å². The minimum atomic E-state index is 0.163. The molecule has 0 saturated heterocycles. The fourth-order valence-electron chi connectivity index (χ4n) is 0.559. The average Bonchev–Trinajstić information content (AvgIpc) is 2.03. The van der Waals surface area contributed by atoms with Gasteiger partial charge < -0.3 is 4.74 Å². The smallest absolute Gasteiger partial charge is 0.0763 e. The maximum atomic E-state index is 5.08. The molecule has 0 bridgehead atoms. The van der Waals surface area contributed by atoms with E-state index in [1.807, 2.05) is 13.8 Å². The van der Waals surface area contributed by atoms with Crippen molar-refractivity contribution in [1.82, 2.24) is 0 Å². The van der Waals surface area contributed by atoms with Gasteiger partial charge in [-0.2, -0.15) is 0 Å². The van der Waals surface area contributed by atoms with Gasteiger partial charge in [0.1, 0.15) is 0 Å². The van der Waals surface area contributed by atoms with Gasteiger partial charge in [0, 0.05) is 26.6 Å². The van der Waals surface area contributed by atoms with Crippen LogP contribution in [0.2, 0.25) is 0 Å². The zero-order valence-electron chi connectivity index (χ0n) is 7.61. The molecule has 0 rings (SSSR count). The van der Waals surface area contributed by atoms with Crippen molar-refractivity contribution in [2.45, 2.75) is 26.0 Å². The average molecular weight is 156 g/mol. The van der Waals surface area contributed by atoms with E-state index < -0.39 is 0 Å². The Kier molecular flexibility index (Phi) is 5.65. The predicted molar refractivity (Wildman–Crippen MR) is 48.8 cm³/mol. The largest absolute Gasteiger partial charge is 0.380 e. The van der Waals surface area contributed by atoms with E-state index in [9.17, 15) is 0 Å². The quantitative estimate of drug-likeness (QED) is 0.563. The number of methoxy groups -OCH3 is 1. The van der Waals surface area contributed by atoms with Crippen LogP contribution >= 0.6 is 0 Å². The third kappa shape index (κ3) is 4.67. The Bertz CT molecular complexity index is 143. The summed E-state index contributed by atoms with van der Waals surface area (Å²) in [6.07, 6.45) is 3.52. The number of ether oxygens (including phenoxy) is 1. The molecule has 0 saturated carbocycles. The molecule has 2 atom stereocenters. The van der Waals surface area contributed by atoms with E-state index in [1.54, 1.807) is 26.6 Å². The lowest BCUT2D eigenvalue weighted by Gasteiger charge is -2.12. The molecular formula is C8H16N2O. The van der Waals surface area contributed by atoms with E-state index in [0.717, 1.165) is 0 Å². The molecule has 3 heteroatoms. The van der Waals surface area contributed by atoms with E-state index in [4.69, 9.17) is 4.74 Å². The first-order valence-electron chi connectivity index (χ1n) is 3.69. The monoisotopic (exact) mass is 156 g/mol.